The van der Waals surface area contributed by atoms with Crippen molar-refractivity contribution in [2.24, 2.45) is 0 Å². The summed E-state index contributed by atoms with van der Waals surface area (Å²) in [5.41, 5.74) is 4.49. The number of amides is 1. The van der Waals surface area contributed by atoms with Crippen LogP contribution in [0.2, 0.25) is 0 Å². The highest BCUT2D eigenvalue weighted by molar-refractivity contribution is 6.62. The van der Waals surface area contributed by atoms with Crippen molar-refractivity contribution in [3.63, 3.8) is 0 Å². The third-order valence-electron chi connectivity index (χ3n) is 5.31. The van der Waals surface area contributed by atoms with Gasteiger partial charge in [0.15, 0.2) is 13.5 Å². The average molecular weight is 373 g/mol. The molecule has 28 heavy (non-hydrogen) atoms. The third kappa shape index (κ3) is 3.60. The summed E-state index contributed by atoms with van der Waals surface area (Å²) in [6.45, 7) is 0. The van der Waals surface area contributed by atoms with E-state index in [1.165, 1.54) is 7.85 Å². The first kappa shape index (κ1) is 21.8. The van der Waals surface area contributed by atoms with E-state index < -0.39 is 17.8 Å². The Morgan fingerprint density at radius 3 is 2.04 bits per heavy atom. The largest absolute Gasteiger partial charge is 0.506 e. The molecule has 0 radical (unpaired) electrons. The molecular formula is C14H18B7FN2O4. The van der Waals surface area contributed by atoms with Crippen molar-refractivity contribution in [1.82, 2.24) is 10.3 Å². The smallest absolute Gasteiger partial charge is 0.317 e. The summed E-state index contributed by atoms with van der Waals surface area (Å²) in [5, 5.41) is 21.8. The number of aliphatic carboxylic acids is 1. The zero-order valence-corrected chi connectivity index (χ0v) is 17.1. The van der Waals surface area contributed by atoms with E-state index >= 15 is 0 Å². The molecule has 0 aliphatic carbocycles. The number of benzene rings is 1. The molecule has 6 nitrogen and oxygen atoms in total. The molecule has 2 aromatic rings. The lowest BCUT2D eigenvalue weighted by Crippen LogP contribution is -2.48. The molecule has 14 heteroatoms. The Morgan fingerprint density at radius 1 is 0.929 bits per heavy atom. The number of hydrogen-bond acceptors (Lipinski definition) is 4. The van der Waals surface area contributed by atoms with Crippen LogP contribution in [0.3, 0.4) is 0 Å². The molecular weight excluding hydrogens is 355 g/mol. The second kappa shape index (κ2) is 7.85. The number of aromatic nitrogens is 1. The quantitative estimate of drug-likeness (QED) is 0.463. The van der Waals surface area contributed by atoms with Gasteiger partial charge in [-0.15, -0.1) is 0 Å². The molecule has 0 saturated heterocycles. The number of halogens is 1. The van der Waals surface area contributed by atoms with Gasteiger partial charge in [0.25, 0.3) is 5.91 Å². The maximum atomic E-state index is 14.7. The lowest BCUT2D eigenvalue weighted by Gasteiger charge is -2.22. The van der Waals surface area contributed by atoms with E-state index in [0.29, 0.717) is 33.1 Å². The van der Waals surface area contributed by atoms with Gasteiger partial charge in [0.05, 0.1) is 5.94 Å². The standard InChI is InChI=1S/C14H18B7FN2O4/c15-3-1(4(16)8(22)7(19)6(3)18)2-5(17)10(25)9(23-11(2)20)13(26)24-12(21)14(27)28/h12,25H,15-21H2,(H,24,26)(H,27,28). The van der Waals surface area contributed by atoms with Crippen molar-refractivity contribution in [3.05, 3.63) is 11.5 Å². The van der Waals surface area contributed by atoms with Crippen molar-refractivity contribution in [2.75, 3.05) is 0 Å². The van der Waals surface area contributed by atoms with E-state index in [0.717, 1.165) is 10.9 Å². The van der Waals surface area contributed by atoms with Crippen LogP contribution in [-0.4, -0.2) is 87.9 Å². The molecule has 136 valence electrons. The van der Waals surface area contributed by atoms with E-state index in [1.54, 1.807) is 31.4 Å². The summed E-state index contributed by atoms with van der Waals surface area (Å²) in [6.07, 6.45) is 0. The van der Waals surface area contributed by atoms with Crippen LogP contribution >= 0.6 is 0 Å². The molecule has 0 spiro atoms. The minimum atomic E-state index is -1.20. The molecule has 3 N–H and O–H groups in total. The Bertz CT molecular complexity index is 989. The Kier molecular flexibility index (Phi) is 6.11. The van der Waals surface area contributed by atoms with Crippen LogP contribution in [0.4, 0.5) is 4.39 Å². The summed E-state index contributed by atoms with van der Waals surface area (Å²) in [5.74, 6) is -3.78. The molecule has 0 saturated carbocycles. The molecule has 1 unspecified atom stereocenters. The van der Waals surface area contributed by atoms with Crippen LogP contribution in [0.5, 0.6) is 5.75 Å². The van der Waals surface area contributed by atoms with Gasteiger partial charge < -0.3 is 15.5 Å². The molecule has 1 atom stereocenters. The zero-order valence-electron chi connectivity index (χ0n) is 17.1. The first-order valence-corrected chi connectivity index (χ1v) is 8.90. The number of aromatic hydroxyl groups is 1. The summed E-state index contributed by atoms with van der Waals surface area (Å²) in [7, 11) is 11.7. The second-order valence-corrected chi connectivity index (χ2v) is 7.12. The van der Waals surface area contributed by atoms with Gasteiger partial charge in [-0.25, -0.2) is 4.39 Å². The first-order chi connectivity index (χ1) is 12.9. The fraction of sp³-hybridized carbons (Fsp3) is 0.0714. The van der Waals surface area contributed by atoms with Crippen molar-refractivity contribution in [2.45, 2.75) is 5.94 Å². The van der Waals surface area contributed by atoms with E-state index in [-0.39, 0.29) is 17.3 Å². The molecule has 1 aromatic heterocycles. The number of carboxylic acids is 1. The van der Waals surface area contributed by atoms with Gasteiger partial charge in [-0.2, -0.15) is 0 Å². The highest BCUT2D eigenvalue weighted by atomic mass is 19.1. The van der Waals surface area contributed by atoms with Crippen molar-refractivity contribution in [1.29, 1.82) is 0 Å². The molecule has 1 aromatic carbocycles. The molecule has 1 heterocycles. The molecule has 0 aliphatic heterocycles. The summed E-state index contributed by atoms with van der Waals surface area (Å²) in [6, 6.07) is 0. The predicted octanol–water partition coefficient (Wildman–Crippen LogP) is -10.1. The summed E-state index contributed by atoms with van der Waals surface area (Å²) in [4.78, 5) is 27.5. The maximum Gasteiger partial charge on any atom is 0.317 e. The van der Waals surface area contributed by atoms with E-state index in [2.05, 4.69) is 10.3 Å². The van der Waals surface area contributed by atoms with Gasteiger partial charge >= 0.3 is 5.97 Å². The van der Waals surface area contributed by atoms with Crippen LogP contribution in [0.25, 0.3) is 11.1 Å². The minimum absolute atomic E-state index is 0.258. The van der Waals surface area contributed by atoms with Crippen LogP contribution in [0.1, 0.15) is 10.5 Å². The monoisotopic (exact) mass is 374 g/mol. The topological polar surface area (TPSA) is 99.5 Å². The number of rotatable bonds is 4. The normalized spacial score (nSPS) is 11.8. The Morgan fingerprint density at radius 2 is 1.50 bits per heavy atom. The minimum Gasteiger partial charge on any atom is -0.506 e. The molecule has 2 rings (SSSR count). The van der Waals surface area contributed by atoms with Crippen LogP contribution < -0.4 is 38.2 Å². The van der Waals surface area contributed by atoms with Crippen LogP contribution in [0.15, 0.2) is 0 Å². The van der Waals surface area contributed by atoms with E-state index in [4.69, 9.17) is 5.11 Å². The number of carbonyl (C=O) groups is 2. The Labute approximate surface area is 168 Å². The highest BCUT2D eigenvalue weighted by Gasteiger charge is 2.25. The molecule has 1 amide bonds. The van der Waals surface area contributed by atoms with Crippen molar-refractivity contribution in [3.8, 4) is 16.9 Å². The third-order valence-corrected chi connectivity index (χ3v) is 5.31. The van der Waals surface area contributed by atoms with Gasteiger partial charge in [-0.05, 0) is 22.1 Å². The van der Waals surface area contributed by atoms with Crippen molar-refractivity contribution >= 4 is 99.7 Å². The molecule has 0 aliphatic rings. The number of pyridine rings is 1. The molecule has 0 fully saturated rings. The van der Waals surface area contributed by atoms with Gasteiger partial charge in [-0.3, -0.25) is 14.6 Å². The Balaban J connectivity index is 2.71. The SMILES string of the molecule is Bc1nc(C(=O)NC(B)C(=O)O)c(O)c(B)c1-c1c(B)c(B)c(B)c(F)c1B. The second-order valence-electron chi connectivity index (χ2n) is 7.12. The first-order valence-electron chi connectivity index (χ1n) is 8.90. The fourth-order valence-electron chi connectivity index (χ4n) is 3.38. The van der Waals surface area contributed by atoms with Gasteiger partial charge in [-0.1, -0.05) is 16.4 Å². The average Bonchev–Trinajstić information content (AvgIpc) is 2.63. The maximum absolute atomic E-state index is 14.7. The van der Waals surface area contributed by atoms with Crippen LogP contribution in [-0.2, 0) is 4.79 Å². The lowest BCUT2D eigenvalue weighted by molar-refractivity contribution is -0.137. The van der Waals surface area contributed by atoms with Crippen molar-refractivity contribution < 1.29 is 24.2 Å². The van der Waals surface area contributed by atoms with Gasteiger partial charge in [0, 0.05) is 5.59 Å². The Hall–Kier alpha value is -2.51. The number of carboxylic acid groups (broad SMARTS) is 1. The predicted molar refractivity (Wildman–Crippen MR) is 128 cm³/mol. The van der Waals surface area contributed by atoms with E-state index in [9.17, 15) is 19.1 Å². The summed E-state index contributed by atoms with van der Waals surface area (Å²) >= 11 is 0. The number of nitrogens with zero attached hydrogens (tertiary/aromatic N) is 1. The zero-order chi connectivity index (χ0) is 21.5. The number of nitrogens with one attached hydrogen (secondary N) is 1. The highest BCUT2D eigenvalue weighted by Crippen LogP contribution is 2.17. The van der Waals surface area contributed by atoms with Gasteiger partial charge in [0.1, 0.15) is 58.6 Å². The fourth-order valence-corrected chi connectivity index (χ4v) is 3.38. The van der Waals surface area contributed by atoms with Crippen LogP contribution in [0, 0.1) is 5.82 Å². The number of hydrogen-bond donors (Lipinski definition) is 3. The molecule has 0 bridgehead atoms. The summed E-state index contributed by atoms with van der Waals surface area (Å²) < 4.78 is 14.7. The number of carbonyl (C=O) groups excluding carboxylic acids is 1. The van der Waals surface area contributed by atoms with E-state index in [1.807, 2.05) is 15.7 Å². The lowest BCUT2D eigenvalue weighted by atomic mass is 9.63. The van der Waals surface area contributed by atoms with Gasteiger partial charge in [0.2, 0.25) is 0 Å².